The summed E-state index contributed by atoms with van der Waals surface area (Å²) in [6.07, 6.45) is 1.98. The van der Waals surface area contributed by atoms with Gasteiger partial charge >= 0.3 is 5.97 Å². The summed E-state index contributed by atoms with van der Waals surface area (Å²) in [5.41, 5.74) is 0.599. The number of nitrogens with zero attached hydrogens (tertiary/aromatic N) is 1. The van der Waals surface area contributed by atoms with Crippen LogP contribution in [-0.2, 0) is 9.59 Å². The summed E-state index contributed by atoms with van der Waals surface area (Å²) < 4.78 is 16.4. The highest BCUT2D eigenvalue weighted by Crippen LogP contribution is 2.39. The van der Waals surface area contributed by atoms with Crippen molar-refractivity contribution in [2.24, 2.45) is 0 Å². The number of carbonyl (C=O) groups is 2. The number of hydrogen-bond donors (Lipinski definition) is 1. The van der Waals surface area contributed by atoms with Crippen LogP contribution in [0.2, 0.25) is 0 Å². The van der Waals surface area contributed by atoms with E-state index in [-0.39, 0.29) is 18.9 Å². The summed E-state index contributed by atoms with van der Waals surface area (Å²) in [6, 6.07) is 3.39. The highest BCUT2D eigenvalue weighted by Gasteiger charge is 2.32. The zero-order valence-electron chi connectivity index (χ0n) is 14.6. The number of rotatable bonds is 8. The van der Waals surface area contributed by atoms with Gasteiger partial charge in [0.1, 0.15) is 21.6 Å². The van der Waals surface area contributed by atoms with Crippen LogP contribution in [0.4, 0.5) is 0 Å². The number of thiocarbonyl (C=S) groups is 1. The van der Waals surface area contributed by atoms with Crippen LogP contribution >= 0.6 is 24.0 Å². The van der Waals surface area contributed by atoms with Crippen molar-refractivity contribution in [3.8, 4) is 17.2 Å². The molecule has 0 aliphatic carbocycles. The molecule has 1 amide bonds. The summed E-state index contributed by atoms with van der Waals surface area (Å²) >= 11 is 6.41. The molecule has 1 aliphatic heterocycles. The van der Waals surface area contributed by atoms with Gasteiger partial charge in [-0.15, -0.1) is 0 Å². The van der Waals surface area contributed by atoms with Gasteiger partial charge in [0, 0.05) is 25.1 Å². The normalized spacial score (nSPS) is 15.5. The SMILES string of the molecule is COc1cc(OC)c(/C=C2\SC(=S)N(CCCC(=O)O)C2=O)c(OC)c1. The Balaban J connectivity index is 2.31. The Labute approximate surface area is 160 Å². The van der Waals surface area contributed by atoms with Gasteiger partial charge in [0.15, 0.2) is 0 Å². The molecule has 1 N–H and O–H groups in total. The monoisotopic (exact) mass is 397 g/mol. The van der Waals surface area contributed by atoms with Gasteiger partial charge in [-0.25, -0.2) is 0 Å². The molecule has 26 heavy (non-hydrogen) atoms. The van der Waals surface area contributed by atoms with Gasteiger partial charge in [-0.3, -0.25) is 14.5 Å². The van der Waals surface area contributed by atoms with Crippen LogP contribution in [0.25, 0.3) is 6.08 Å². The van der Waals surface area contributed by atoms with Crippen molar-refractivity contribution >= 4 is 46.3 Å². The summed E-state index contributed by atoms with van der Waals surface area (Å²) in [7, 11) is 4.57. The lowest BCUT2D eigenvalue weighted by Crippen LogP contribution is -2.29. The molecule has 0 spiro atoms. The molecule has 1 aliphatic rings. The number of thioether (sulfide) groups is 1. The van der Waals surface area contributed by atoms with Crippen molar-refractivity contribution < 1.29 is 28.9 Å². The maximum atomic E-state index is 12.6. The molecule has 1 aromatic rings. The van der Waals surface area contributed by atoms with Crippen molar-refractivity contribution in [2.45, 2.75) is 12.8 Å². The number of benzene rings is 1. The van der Waals surface area contributed by atoms with E-state index in [9.17, 15) is 9.59 Å². The Morgan fingerprint density at radius 3 is 2.35 bits per heavy atom. The highest BCUT2D eigenvalue weighted by molar-refractivity contribution is 8.26. The van der Waals surface area contributed by atoms with E-state index in [4.69, 9.17) is 31.5 Å². The third kappa shape index (κ3) is 4.47. The second-order valence-corrected chi connectivity index (χ2v) is 6.95. The van der Waals surface area contributed by atoms with Crippen LogP contribution in [0, 0.1) is 0 Å². The average molecular weight is 397 g/mol. The van der Waals surface area contributed by atoms with Crippen molar-refractivity contribution in [1.82, 2.24) is 4.90 Å². The lowest BCUT2D eigenvalue weighted by atomic mass is 10.1. The maximum absolute atomic E-state index is 12.6. The number of ether oxygens (including phenoxy) is 3. The van der Waals surface area contributed by atoms with Crippen LogP contribution in [0.3, 0.4) is 0 Å². The number of carboxylic acids is 1. The zero-order valence-corrected chi connectivity index (χ0v) is 16.2. The van der Waals surface area contributed by atoms with E-state index in [1.165, 1.54) is 26.2 Å². The molecule has 7 nitrogen and oxygen atoms in total. The Morgan fingerprint density at radius 1 is 1.23 bits per heavy atom. The largest absolute Gasteiger partial charge is 0.496 e. The van der Waals surface area contributed by atoms with Crippen LogP contribution in [0.15, 0.2) is 17.0 Å². The fourth-order valence-corrected chi connectivity index (χ4v) is 3.68. The third-order valence-electron chi connectivity index (χ3n) is 3.67. The molecule has 1 fully saturated rings. The molecule has 2 rings (SSSR count). The topological polar surface area (TPSA) is 85.3 Å². The molecule has 1 saturated heterocycles. The third-order valence-corrected chi connectivity index (χ3v) is 5.05. The number of carbonyl (C=O) groups excluding carboxylic acids is 1. The first-order chi connectivity index (χ1) is 12.4. The van der Waals surface area contributed by atoms with Crippen molar-refractivity contribution in [3.05, 3.63) is 22.6 Å². The molecule has 0 saturated carbocycles. The summed E-state index contributed by atoms with van der Waals surface area (Å²) in [6.45, 7) is 0.269. The van der Waals surface area contributed by atoms with E-state index >= 15 is 0 Å². The Hall–Kier alpha value is -2.26. The predicted molar refractivity (Wildman–Crippen MR) is 103 cm³/mol. The van der Waals surface area contributed by atoms with Gasteiger partial charge in [0.05, 0.1) is 31.8 Å². The second kappa shape index (κ2) is 8.91. The second-order valence-electron chi connectivity index (χ2n) is 5.28. The van der Waals surface area contributed by atoms with Gasteiger partial charge in [-0.05, 0) is 12.5 Å². The Bertz CT molecular complexity index is 737. The standard InChI is InChI=1S/C17H19NO6S2/c1-22-10-7-12(23-2)11(13(8-10)24-3)9-14-16(21)18(17(25)26-14)6-4-5-15(19)20/h7-9H,4-6H2,1-3H3,(H,19,20)/b14-9-. The van der Waals surface area contributed by atoms with Crippen LogP contribution in [0.1, 0.15) is 18.4 Å². The van der Waals surface area contributed by atoms with E-state index < -0.39 is 5.97 Å². The van der Waals surface area contributed by atoms with Crippen LogP contribution < -0.4 is 14.2 Å². The Morgan fingerprint density at radius 2 is 1.85 bits per heavy atom. The molecule has 0 radical (unpaired) electrons. The molecule has 0 atom stereocenters. The Kier molecular flexibility index (Phi) is 6.87. The molecular weight excluding hydrogens is 378 g/mol. The summed E-state index contributed by atoms with van der Waals surface area (Å²) in [5, 5.41) is 8.73. The summed E-state index contributed by atoms with van der Waals surface area (Å²) in [5.74, 6) is 0.399. The molecular formula is C17H19NO6S2. The quantitative estimate of drug-likeness (QED) is 0.529. The van der Waals surface area contributed by atoms with Gasteiger partial charge in [0.2, 0.25) is 0 Å². The van der Waals surface area contributed by atoms with E-state index in [0.29, 0.717) is 38.5 Å². The minimum absolute atomic E-state index is 0.0176. The van der Waals surface area contributed by atoms with Crippen molar-refractivity contribution in [1.29, 1.82) is 0 Å². The predicted octanol–water partition coefficient (Wildman–Crippen LogP) is 2.78. The number of amides is 1. The first kappa shape index (κ1) is 20.1. The van der Waals surface area contributed by atoms with Gasteiger partial charge < -0.3 is 19.3 Å². The molecule has 0 aromatic heterocycles. The summed E-state index contributed by atoms with van der Waals surface area (Å²) in [4.78, 5) is 25.1. The molecule has 1 heterocycles. The van der Waals surface area contributed by atoms with Crippen molar-refractivity contribution in [2.75, 3.05) is 27.9 Å². The zero-order chi connectivity index (χ0) is 19.3. The average Bonchev–Trinajstić information content (AvgIpc) is 2.88. The van der Waals surface area contributed by atoms with E-state index in [0.717, 1.165) is 11.8 Å². The molecule has 1 aromatic carbocycles. The van der Waals surface area contributed by atoms with Crippen LogP contribution in [0.5, 0.6) is 17.2 Å². The molecule has 0 bridgehead atoms. The number of hydrogen-bond acceptors (Lipinski definition) is 7. The van der Waals surface area contributed by atoms with Crippen molar-refractivity contribution in [3.63, 3.8) is 0 Å². The molecule has 140 valence electrons. The first-order valence-corrected chi connectivity index (χ1v) is 8.91. The lowest BCUT2D eigenvalue weighted by Gasteiger charge is -2.14. The maximum Gasteiger partial charge on any atom is 0.303 e. The van der Waals surface area contributed by atoms with Gasteiger partial charge in [0.25, 0.3) is 5.91 Å². The minimum Gasteiger partial charge on any atom is -0.496 e. The van der Waals surface area contributed by atoms with Gasteiger partial charge in [-0.1, -0.05) is 24.0 Å². The van der Waals surface area contributed by atoms with E-state index in [2.05, 4.69) is 0 Å². The number of aliphatic carboxylic acids is 1. The first-order valence-electron chi connectivity index (χ1n) is 7.68. The van der Waals surface area contributed by atoms with E-state index in [1.807, 2.05) is 0 Å². The fourth-order valence-electron chi connectivity index (χ4n) is 2.39. The minimum atomic E-state index is -0.904. The fraction of sp³-hybridized carbons (Fsp3) is 0.353. The van der Waals surface area contributed by atoms with Gasteiger partial charge in [-0.2, -0.15) is 0 Å². The number of carboxylic acid groups (broad SMARTS) is 1. The van der Waals surface area contributed by atoms with E-state index in [1.54, 1.807) is 18.2 Å². The number of methoxy groups -OCH3 is 3. The molecule has 0 unspecified atom stereocenters. The molecule has 9 heteroatoms. The highest BCUT2D eigenvalue weighted by atomic mass is 32.2. The smallest absolute Gasteiger partial charge is 0.303 e. The van der Waals surface area contributed by atoms with Crippen LogP contribution in [-0.4, -0.2) is 54.1 Å². The lowest BCUT2D eigenvalue weighted by molar-refractivity contribution is -0.137.